The molecule has 0 bridgehead atoms. The standard InChI is InChI=1S/C14H9Cl3F3N/c15-9-4-5-12(10(6-9)14(18,19)20)21-7-8-2-1-3-11(16)13(8)17/h1-6,21H,7H2. The largest absolute Gasteiger partial charge is 0.418 e. The molecule has 0 aliphatic carbocycles. The SMILES string of the molecule is FC(F)(F)c1cc(Cl)ccc1NCc1cccc(Cl)c1Cl. The molecule has 1 nitrogen and oxygen atoms in total. The van der Waals surface area contributed by atoms with Gasteiger partial charge in [0.25, 0.3) is 0 Å². The maximum Gasteiger partial charge on any atom is 0.418 e. The van der Waals surface area contributed by atoms with Crippen molar-refractivity contribution in [1.82, 2.24) is 0 Å². The Hall–Kier alpha value is -1.10. The minimum absolute atomic E-state index is 0.0219. The molecule has 2 aromatic rings. The number of nitrogens with one attached hydrogen (secondary N) is 1. The lowest BCUT2D eigenvalue weighted by Crippen LogP contribution is -2.11. The fraction of sp³-hybridized carbons (Fsp3) is 0.143. The first-order valence-corrected chi connectivity index (χ1v) is 6.96. The Morgan fingerprint density at radius 1 is 1.00 bits per heavy atom. The summed E-state index contributed by atoms with van der Waals surface area (Å²) in [4.78, 5) is 0. The van der Waals surface area contributed by atoms with Crippen molar-refractivity contribution in [2.75, 3.05) is 5.32 Å². The van der Waals surface area contributed by atoms with Gasteiger partial charge in [-0.25, -0.2) is 0 Å². The molecule has 1 N–H and O–H groups in total. The fourth-order valence-corrected chi connectivity index (χ4v) is 2.34. The second-order valence-electron chi connectivity index (χ2n) is 4.25. The van der Waals surface area contributed by atoms with E-state index in [2.05, 4.69) is 5.32 Å². The molecule has 0 aliphatic rings. The molecule has 0 unspecified atom stereocenters. The number of hydrogen-bond donors (Lipinski definition) is 1. The zero-order chi connectivity index (χ0) is 15.6. The lowest BCUT2D eigenvalue weighted by molar-refractivity contribution is -0.136. The fourth-order valence-electron chi connectivity index (χ4n) is 1.78. The summed E-state index contributed by atoms with van der Waals surface area (Å²) in [5.41, 5.74) is -0.289. The van der Waals surface area contributed by atoms with Crippen molar-refractivity contribution in [1.29, 1.82) is 0 Å². The van der Waals surface area contributed by atoms with Crippen molar-refractivity contribution in [3.05, 3.63) is 62.6 Å². The molecular weight excluding hydrogens is 346 g/mol. The van der Waals surface area contributed by atoms with Crippen molar-refractivity contribution in [2.24, 2.45) is 0 Å². The number of anilines is 1. The van der Waals surface area contributed by atoms with Gasteiger partial charge in [0.05, 0.1) is 15.6 Å². The second-order valence-corrected chi connectivity index (χ2v) is 5.48. The van der Waals surface area contributed by atoms with Crippen molar-refractivity contribution < 1.29 is 13.2 Å². The van der Waals surface area contributed by atoms with Crippen LogP contribution < -0.4 is 5.32 Å². The van der Waals surface area contributed by atoms with Gasteiger partial charge < -0.3 is 5.32 Å². The predicted molar refractivity (Wildman–Crippen MR) is 80.2 cm³/mol. The van der Waals surface area contributed by atoms with Gasteiger partial charge in [0.1, 0.15) is 0 Å². The van der Waals surface area contributed by atoms with Gasteiger partial charge >= 0.3 is 6.18 Å². The maximum absolute atomic E-state index is 13.0. The zero-order valence-electron chi connectivity index (χ0n) is 10.4. The summed E-state index contributed by atoms with van der Waals surface area (Å²) in [5.74, 6) is 0. The third-order valence-corrected chi connectivity index (χ3v) is 3.88. The van der Waals surface area contributed by atoms with E-state index in [1.807, 2.05) is 0 Å². The number of rotatable bonds is 3. The van der Waals surface area contributed by atoms with Crippen LogP contribution in [0.15, 0.2) is 36.4 Å². The molecule has 0 heterocycles. The third-order valence-electron chi connectivity index (χ3n) is 2.79. The molecule has 0 saturated heterocycles. The number of halogens is 6. The molecule has 2 rings (SSSR count). The molecule has 7 heteroatoms. The highest BCUT2D eigenvalue weighted by molar-refractivity contribution is 6.42. The molecule has 0 fully saturated rings. The lowest BCUT2D eigenvalue weighted by atomic mass is 10.1. The van der Waals surface area contributed by atoms with E-state index in [1.54, 1.807) is 18.2 Å². The highest BCUT2D eigenvalue weighted by Gasteiger charge is 2.33. The van der Waals surface area contributed by atoms with Crippen molar-refractivity contribution in [3.8, 4) is 0 Å². The lowest BCUT2D eigenvalue weighted by Gasteiger charge is -2.15. The molecule has 0 amide bonds. The van der Waals surface area contributed by atoms with E-state index < -0.39 is 11.7 Å². The van der Waals surface area contributed by atoms with E-state index in [1.165, 1.54) is 12.1 Å². The highest BCUT2D eigenvalue weighted by Crippen LogP contribution is 2.37. The Labute approximate surface area is 134 Å². The minimum atomic E-state index is -4.49. The Morgan fingerprint density at radius 3 is 2.38 bits per heavy atom. The van der Waals surface area contributed by atoms with Crippen molar-refractivity contribution in [2.45, 2.75) is 12.7 Å². The van der Waals surface area contributed by atoms with Crippen molar-refractivity contribution in [3.63, 3.8) is 0 Å². The average molecular weight is 355 g/mol. The van der Waals surface area contributed by atoms with Crippen LogP contribution in [0.5, 0.6) is 0 Å². The summed E-state index contributed by atoms with van der Waals surface area (Å²) < 4.78 is 38.9. The monoisotopic (exact) mass is 353 g/mol. The average Bonchev–Trinajstić information content (AvgIpc) is 2.40. The summed E-state index contributed by atoms with van der Waals surface area (Å²) in [6.07, 6.45) is -4.49. The van der Waals surface area contributed by atoms with Gasteiger partial charge in [-0.15, -0.1) is 0 Å². The first-order chi connectivity index (χ1) is 9.79. The molecule has 112 valence electrons. The van der Waals surface area contributed by atoms with E-state index in [0.717, 1.165) is 6.07 Å². The molecule has 0 spiro atoms. The Morgan fingerprint density at radius 2 is 1.71 bits per heavy atom. The van der Waals surface area contributed by atoms with Crippen LogP contribution in [0, 0.1) is 0 Å². The minimum Gasteiger partial charge on any atom is -0.380 e. The molecule has 2 aromatic carbocycles. The zero-order valence-corrected chi connectivity index (χ0v) is 12.7. The first-order valence-electron chi connectivity index (χ1n) is 5.82. The van der Waals surface area contributed by atoms with Crippen LogP contribution in [0.1, 0.15) is 11.1 Å². The third kappa shape index (κ3) is 3.96. The van der Waals surface area contributed by atoms with Crippen LogP contribution in [0.3, 0.4) is 0 Å². The summed E-state index contributed by atoms with van der Waals surface area (Å²) in [6.45, 7) is 0.115. The van der Waals surface area contributed by atoms with Crippen LogP contribution in [0.4, 0.5) is 18.9 Å². The quantitative estimate of drug-likeness (QED) is 0.684. The molecule has 0 aromatic heterocycles. The number of alkyl halides is 3. The molecule has 0 radical (unpaired) electrons. The van der Waals surface area contributed by atoms with Gasteiger partial charge in [0.2, 0.25) is 0 Å². The molecule has 0 atom stereocenters. The van der Waals surface area contributed by atoms with Gasteiger partial charge in [-0.05, 0) is 29.8 Å². The molecule has 0 aliphatic heterocycles. The van der Waals surface area contributed by atoms with Gasteiger partial charge in [0.15, 0.2) is 0 Å². The Bertz CT molecular complexity index is 656. The van der Waals surface area contributed by atoms with E-state index in [0.29, 0.717) is 15.6 Å². The van der Waals surface area contributed by atoms with E-state index >= 15 is 0 Å². The van der Waals surface area contributed by atoms with Gasteiger partial charge in [-0.1, -0.05) is 46.9 Å². The number of benzene rings is 2. The van der Waals surface area contributed by atoms with Crippen LogP contribution in [-0.2, 0) is 12.7 Å². The van der Waals surface area contributed by atoms with E-state index in [-0.39, 0.29) is 17.3 Å². The predicted octanol–water partition coefficient (Wildman–Crippen LogP) is 6.28. The summed E-state index contributed by atoms with van der Waals surface area (Å²) in [7, 11) is 0. The summed E-state index contributed by atoms with van der Waals surface area (Å²) >= 11 is 17.5. The summed E-state index contributed by atoms with van der Waals surface area (Å²) in [5, 5.41) is 3.40. The second kappa shape index (κ2) is 6.34. The normalized spacial score (nSPS) is 11.5. The number of hydrogen-bond acceptors (Lipinski definition) is 1. The van der Waals surface area contributed by atoms with E-state index in [4.69, 9.17) is 34.8 Å². The maximum atomic E-state index is 13.0. The molecule has 0 saturated carbocycles. The highest BCUT2D eigenvalue weighted by atomic mass is 35.5. The van der Waals surface area contributed by atoms with Crippen molar-refractivity contribution >= 4 is 40.5 Å². The summed E-state index contributed by atoms with van der Waals surface area (Å²) in [6, 6.07) is 8.52. The van der Waals surface area contributed by atoms with E-state index in [9.17, 15) is 13.2 Å². The van der Waals surface area contributed by atoms with Crippen LogP contribution in [-0.4, -0.2) is 0 Å². The topological polar surface area (TPSA) is 12.0 Å². The smallest absolute Gasteiger partial charge is 0.380 e. The van der Waals surface area contributed by atoms with Crippen LogP contribution >= 0.6 is 34.8 Å². The first kappa shape index (κ1) is 16.3. The van der Waals surface area contributed by atoms with Gasteiger partial charge in [-0.2, -0.15) is 13.2 Å². The Balaban J connectivity index is 2.26. The molecule has 21 heavy (non-hydrogen) atoms. The van der Waals surface area contributed by atoms with Gasteiger partial charge in [0, 0.05) is 17.3 Å². The van der Waals surface area contributed by atoms with Crippen LogP contribution in [0.25, 0.3) is 0 Å². The van der Waals surface area contributed by atoms with Gasteiger partial charge in [-0.3, -0.25) is 0 Å². The van der Waals surface area contributed by atoms with Crippen LogP contribution in [0.2, 0.25) is 15.1 Å². The Kier molecular flexibility index (Phi) is 4.91. The molecular formula is C14H9Cl3F3N.